The Labute approximate surface area is 117 Å². The summed E-state index contributed by atoms with van der Waals surface area (Å²) in [7, 11) is -11.1. The Bertz CT molecular complexity index is 343. The summed E-state index contributed by atoms with van der Waals surface area (Å²) in [6.07, 6.45) is 3.54. The molecule has 0 saturated heterocycles. The zero-order valence-corrected chi connectivity index (χ0v) is 13.0. The molecule has 0 aliphatic rings. The first kappa shape index (κ1) is 20.2. The van der Waals surface area contributed by atoms with E-state index < -0.39 is 26.8 Å². The SMILES string of the molecule is O=P(O)(O)C(F)(CCCCCCCCCO)P(=O)(O)O. The topological polar surface area (TPSA) is 135 Å². The Kier molecular flexibility index (Phi) is 8.67. The second kappa shape index (κ2) is 8.59. The third-order valence-electron chi connectivity index (χ3n) is 3.05. The molecule has 0 aliphatic carbocycles. The van der Waals surface area contributed by atoms with E-state index in [0.717, 1.165) is 19.3 Å². The number of hydrogen-bond acceptors (Lipinski definition) is 3. The van der Waals surface area contributed by atoms with E-state index in [9.17, 15) is 13.5 Å². The van der Waals surface area contributed by atoms with Crippen molar-refractivity contribution in [3.05, 3.63) is 0 Å². The van der Waals surface area contributed by atoms with Gasteiger partial charge in [0.05, 0.1) is 0 Å². The molecule has 0 rings (SSSR count). The molecule has 0 bridgehead atoms. The Morgan fingerprint density at radius 3 is 1.45 bits per heavy atom. The van der Waals surface area contributed by atoms with Crippen LogP contribution in [-0.2, 0) is 9.13 Å². The highest BCUT2D eigenvalue weighted by atomic mass is 31.2. The van der Waals surface area contributed by atoms with Crippen LogP contribution < -0.4 is 0 Å². The van der Waals surface area contributed by atoms with E-state index in [0.29, 0.717) is 19.3 Å². The summed E-state index contributed by atoms with van der Waals surface area (Å²) in [5.74, 6) is 0. The molecule has 0 heterocycles. The predicted octanol–water partition coefficient (Wildman–Crippen LogP) is 2.08. The average molecular weight is 336 g/mol. The quantitative estimate of drug-likeness (QED) is 0.288. The highest BCUT2D eigenvalue weighted by molar-refractivity contribution is 7.72. The normalized spacial score (nSPS) is 13.7. The van der Waals surface area contributed by atoms with Crippen LogP contribution in [0.15, 0.2) is 0 Å². The van der Waals surface area contributed by atoms with Crippen LogP contribution >= 0.6 is 15.2 Å². The fourth-order valence-corrected chi connectivity index (χ4v) is 4.06. The van der Waals surface area contributed by atoms with E-state index in [1.54, 1.807) is 0 Å². The molecule has 0 spiro atoms. The number of rotatable bonds is 11. The van der Waals surface area contributed by atoms with Gasteiger partial charge >= 0.3 is 20.3 Å². The van der Waals surface area contributed by atoms with E-state index >= 15 is 0 Å². The second-order valence-corrected chi connectivity index (χ2v) is 8.70. The monoisotopic (exact) mass is 336 g/mol. The van der Waals surface area contributed by atoms with Gasteiger partial charge in [-0.1, -0.05) is 32.1 Å². The molecule has 0 aromatic rings. The third-order valence-corrected chi connectivity index (χ3v) is 6.84. The molecule has 0 aromatic carbocycles. The van der Waals surface area contributed by atoms with Crippen molar-refractivity contribution >= 4 is 15.2 Å². The minimum Gasteiger partial charge on any atom is -0.396 e. The number of unbranched alkanes of at least 4 members (excludes halogenated alkanes) is 6. The molecule has 0 radical (unpaired) electrons. The summed E-state index contributed by atoms with van der Waals surface area (Å²) < 4.78 is 35.8. The third kappa shape index (κ3) is 6.31. The lowest BCUT2D eigenvalue weighted by Crippen LogP contribution is -2.23. The summed E-state index contributed by atoms with van der Waals surface area (Å²) in [6.45, 7) is 0.134. The summed E-state index contributed by atoms with van der Waals surface area (Å²) in [5, 5.41) is 4.78. The van der Waals surface area contributed by atoms with Crippen LogP contribution in [0.5, 0.6) is 0 Å². The van der Waals surface area contributed by atoms with Gasteiger partial charge in [-0.25, -0.2) is 4.39 Å². The maximum atomic E-state index is 13.9. The van der Waals surface area contributed by atoms with Gasteiger partial charge in [0.15, 0.2) is 0 Å². The van der Waals surface area contributed by atoms with Crippen molar-refractivity contribution in [3.63, 3.8) is 0 Å². The van der Waals surface area contributed by atoms with Crippen LogP contribution in [0.1, 0.15) is 51.4 Å². The van der Waals surface area contributed by atoms with Gasteiger partial charge in [0, 0.05) is 13.0 Å². The van der Waals surface area contributed by atoms with Crippen molar-refractivity contribution in [1.29, 1.82) is 0 Å². The maximum absolute atomic E-state index is 13.9. The average Bonchev–Trinajstić information content (AvgIpc) is 2.29. The molecule has 0 unspecified atom stereocenters. The molecule has 10 heteroatoms. The van der Waals surface area contributed by atoms with Gasteiger partial charge in [-0.15, -0.1) is 0 Å². The second-order valence-electron chi connectivity index (χ2n) is 4.76. The van der Waals surface area contributed by atoms with Crippen LogP contribution in [0.3, 0.4) is 0 Å². The molecule has 0 fully saturated rings. The van der Waals surface area contributed by atoms with E-state index in [1.807, 2.05) is 0 Å². The predicted molar refractivity (Wildman–Crippen MR) is 71.9 cm³/mol. The Morgan fingerprint density at radius 1 is 0.750 bits per heavy atom. The Hall–Kier alpha value is 0.190. The van der Waals surface area contributed by atoms with Gasteiger partial charge in [0.25, 0.3) is 0 Å². The molecular formula is C10H23FO7P2. The fourth-order valence-electron chi connectivity index (χ4n) is 1.81. The molecule has 20 heavy (non-hydrogen) atoms. The van der Waals surface area contributed by atoms with Crippen molar-refractivity contribution in [2.24, 2.45) is 0 Å². The van der Waals surface area contributed by atoms with Gasteiger partial charge in [-0.05, 0) is 12.8 Å². The first-order chi connectivity index (χ1) is 9.06. The first-order valence-electron chi connectivity index (χ1n) is 6.47. The number of aliphatic hydroxyl groups excluding tert-OH is 1. The number of alkyl halides is 1. The lowest BCUT2D eigenvalue weighted by molar-refractivity contribution is 0.210. The molecule has 7 nitrogen and oxygen atoms in total. The summed E-state index contributed by atoms with van der Waals surface area (Å²) >= 11 is 0. The first-order valence-corrected chi connectivity index (χ1v) is 9.70. The van der Waals surface area contributed by atoms with Gasteiger partial charge in [-0.3, -0.25) is 9.13 Å². The lowest BCUT2D eigenvalue weighted by atomic mass is 10.1. The molecule has 0 aromatic heterocycles. The molecule has 0 atom stereocenters. The molecule has 0 amide bonds. The number of halogens is 1. The minimum absolute atomic E-state index is 0.00722. The molecule has 5 N–H and O–H groups in total. The summed E-state index contributed by atoms with van der Waals surface area (Å²) in [6, 6.07) is 0. The zero-order valence-electron chi connectivity index (χ0n) is 11.2. The van der Waals surface area contributed by atoms with E-state index in [2.05, 4.69) is 0 Å². The van der Waals surface area contributed by atoms with Crippen LogP contribution in [-0.4, -0.2) is 36.4 Å². The van der Waals surface area contributed by atoms with Gasteiger partial charge in [-0.2, -0.15) is 0 Å². The summed E-state index contributed by atoms with van der Waals surface area (Å²) in [4.78, 5) is 35.2. The van der Waals surface area contributed by atoms with Crippen molar-refractivity contribution in [3.8, 4) is 0 Å². The van der Waals surface area contributed by atoms with Crippen LogP contribution in [0.4, 0.5) is 4.39 Å². The molecule has 122 valence electrons. The number of aliphatic hydroxyl groups is 1. The smallest absolute Gasteiger partial charge is 0.375 e. The molecular weight excluding hydrogens is 313 g/mol. The maximum Gasteiger partial charge on any atom is 0.375 e. The van der Waals surface area contributed by atoms with Crippen molar-refractivity contribution < 1.29 is 38.2 Å². The van der Waals surface area contributed by atoms with Crippen molar-refractivity contribution in [2.45, 2.75) is 56.5 Å². The minimum atomic E-state index is -5.54. The largest absolute Gasteiger partial charge is 0.396 e. The highest BCUT2D eigenvalue weighted by Gasteiger charge is 2.60. The standard InChI is InChI=1S/C10H23FO7P2/c11-10(19(13,14)15,20(16,17)18)8-6-4-2-1-3-5-7-9-12/h12H,1-9H2,(H2,13,14,15)(H2,16,17,18). The number of hydrogen-bond donors (Lipinski definition) is 5. The van der Waals surface area contributed by atoms with Crippen molar-refractivity contribution in [1.82, 2.24) is 0 Å². The van der Waals surface area contributed by atoms with E-state index in [4.69, 9.17) is 24.7 Å². The van der Waals surface area contributed by atoms with Gasteiger partial charge < -0.3 is 24.7 Å². The van der Waals surface area contributed by atoms with E-state index in [-0.39, 0.29) is 13.0 Å². The van der Waals surface area contributed by atoms with Gasteiger partial charge in [0.2, 0.25) is 0 Å². The van der Waals surface area contributed by atoms with Crippen molar-refractivity contribution in [2.75, 3.05) is 6.61 Å². The van der Waals surface area contributed by atoms with Gasteiger partial charge in [0.1, 0.15) is 0 Å². The van der Waals surface area contributed by atoms with Crippen LogP contribution in [0, 0.1) is 0 Å². The van der Waals surface area contributed by atoms with Crippen LogP contribution in [0.2, 0.25) is 0 Å². The highest BCUT2D eigenvalue weighted by Crippen LogP contribution is 2.71. The summed E-state index contributed by atoms with van der Waals surface area (Å²) in [5.41, 5.74) is 0. The molecule has 0 saturated carbocycles. The van der Waals surface area contributed by atoms with Crippen LogP contribution in [0.25, 0.3) is 0 Å². The zero-order chi connectivity index (χ0) is 15.9. The van der Waals surface area contributed by atoms with E-state index in [1.165, 1.54) is 0 Å². The fraction of sp³-hybridized carbons (Fsp3) is 1.00. The molecule has 0 aliphatic heterocycles. The Morgan fingerprint density at radius 2 is 1.10 bits per heavy atom. The Balaban J connectivity index is 4.14. The lowest BCUT2D eigenvalue weighted by Gasteiger charge is -2.26.